The molecule has 2 aromatic carbocycles. The van der Waals surface area contributed by atoms with Crippen molar-refractivity contribution in [1.29, 1.82) is 0 Å². The number of aryl methyl sites for hydroxylation is 1. The van der Waals surface area contributed by atoms with E-state index < -0.39 is 0 Å². The van der Waals surface area contributed by atoms with Crippen molar-refractivity contribution in [3.63, 3.8) is 0 Å². The van der Waals surface area contributed by atoms with E-state index >= 15 is 0 Å². The number of ether oxygens (including phenoxy) is 1. The minimum atomic E-state index is 0.483. The maximum Gasteiger partial charge on any atom is 0.121 e. The molecule has 0 spiro atoms. The summed E-state index contributed by atoms with van der Waals surface area (Å²) in [5.74, 6) is 0.856. The normalized spacial score (nSPS) is 10.4. The van der Waals surface area contributed by atoms with Crippen LogP contribution in [0.5, 0.6) is 5.75 Å². The molecular weight excluding hydrogens is 317 g/mol. The van der Waals surface area contributed by atoms with Crippen LogP contribution in [0.15, 0.2) is 30.3 Å². The standard InChI is InChI=1S/C15H14Cl3NO/c1-9-7-10(3-6-14(9)20-2)19-8-11-12(16)4-5-13(17)15(11)18/h3-7,19H,8H2,1-2H3. The number of anilines is 1. The van der Waals surface area contributed by atoms with Crippen molar-refractivity contribution >= 4 is 40.5 Å². The number of hydrogen-bond acceptors (Lipinski definition) is 2. The predicted octanol–water partition coefficient (Wildman–Crippen LogP) is 5.58. The summed E-state index contributed by atoms with van der Waals surface area (Å²) >= 11 is 18.3. The third-order valence-electron chi connectivity index (χ3n) is 3.00. The molecule has 0 amide bonds. The molecule has 0 aliphatic heterocycles. The van der Waals surface area contributed by atoms with Crippen LogP contribution in [-0.4, -0.2) is 7.11 Å². The van der Waals surface area contributed by atoms with E-state index in [2.05, 4.69) is 5.32 Å². The predicted molar refractivity (Wildman–Crippen MR) is 86.5 cm³/mol. The van der Waals surface area contributed by atoms with Gasteiger partial charge in [0.1, 0.15) is 5.75 Å². The Morgan fingerprint density at radius 1 is 1.05 bits per heavy atom. The first kappa shape index (κ1) is 15.3. The van der Waals surface area contributed by atoms with Gasteiger partial charge in [-0.3, -0.25) is 0 Å². The molecule has 0 heterocycles. The van der Waals surface area contributed by atoms with Crippen LogP contribution in [0.3, 0.4) is 0 Å². The zero-order valence-corrected chi connectivity index (χ0v) is 13.4. The summed E-state index contributed by atoms with van der Waals surface area (Å²) in [6.45, 7) is 2.49. The molecule has 0 aliphatic rings. The highest BCUT2D eigenvalue weighted by Gasteiger charge is 2.09. The number of rotatable bonds is 4. The lowest BCUT2D eigenvalue weighted by molar-refractivity contribution is 0.412. The van der Waals surface area contributed by atoms with E-state index in [1.165, 1.54) is 0 Å². The van der Waals surface area contributed by atoms with Gasteiger partial charge in [0, 0.05) is 22.8 Å². The van der Waals surface area contributed by atoms with E-state index in [9.17, 15) is 0 Å². The average molecular weight is 331 g/mol. The van der Waals surface area contributed by atoms with Gasteiger partial charge in [-0.25, -0.2) is 0 Å². The molecular formula is C15H14Cl3NO. The van der Waals surface area contributed by atoms with E-state index in [-0.39, 0.29) is 0 Å². The molecule has 106 valence electrons. The Morgan fingerprint density at radius 3 is 2.40 bits per heavy atom. The lowest BCUT2D eigenvalue weighted by Gasteiger charge is -2.12. The van der Waals surface area contributed by atoms with Gasteiger partial charge in [-0.2, -0.15) is 0 Å². The van der Waals surface area contributed by atoms with Gasteiger partial charge in [0.2, 0.25) is 0 Å². The summed E-state index contributed by atoms with van der Waals surface area (Å²) in [6, 6.07) is 9.29. The molecule has 0 atom stereocenters. The third kappa shape index (κ3) is 3.32. The SMILES string of the molecule is COc1ccc(NCc2c(Cl)ccc(Cl)c2Cl)cc1C. The first-order valence-electron chi connectivity index (χ1n) is 6.04. The molecule has 2 nitrogen and oxygen atoms in total. The quantitative estimate of drug-likeness (QED) is 0.739. The highest BCUT2D eigenvalue weighted by atomic mass is 35.5. The Bertz CT molecular complexity index is 629. The largest absolute Gasteiger partial charge is 0.496 e. The minimum absolute atomic E-state index is 0.483. The lowest BCUT2D eigenvalue weighted by Crippen LogP contribution is -2.01. The van der Waals surface area contributed by atoms with Gasteiger partial charge in [0.05, 0.1) is 17.2 Å². The molecule has 2 rings (SSSR count). The zero-order chi connectivity index (χ0) is 14.7. The highest BCUT2D eigenvalue weighted by molar-refractivity contribution is 6.44. The maximum atomic E-state index is 6.17. The van der Waals surface area contributed by atoms with Crippen LogP contribution >= 0.6 is 34.8 Å². The summed E-state index contributed by atoms with van der Waals surface area (Å²) in [7, 11) is 1.65. The average Bonchev–Trinajstić information content (AvgIpc) is 2.43. The van der Waals surface area contributed by atoms with Crippen molar-refractivity contribution in [3.05, 3.63) is 56.5 Å². The van der Waals surface area contributed by atoms with Crippen LogP contribution in [0.4, 0.5) is 5.69 Å². The van der Waals surface area contributed by atoms with Crippen molar-refractivity contribution in [2.45, 2.75) is 13.5 Å². The minimum Gasteiger partial charge on any atom is -0.496 e. The molecule has 5 heteroatoms. The summed E-state index contributed by atoms with van der Waals surface area (Å²) < 4.78 is 5.23. The number of methoxy groups -OCH3 is 1. The van der Waals surface area contributed by atoms with Gasteiger partial charge >= 0.3 is 0 Å². The number of benzene rings is 2. The van der Waals surface area contributed by atoms with E-state index in [1.54, 1.807) is 19.2 Å². The van der Waals surface area contributed by atoms with Crippen molar-refractivity contribution in [3.8, 4) is 5.75 Å². The summed E-state index contributed by atoms with van der Waals surface area (Å²) in [6.07, 6.45) is 0. The summed E-state index contributed by atoms with van der Waals surface area (Å²) in [5, 5.41) is 4.86. The molecule has 0 fully saturated rings. The second-order valence-electron chi connectivity index (χ2n) is 4.36. The van der Waals surface area contributed by atoms with Crippen molar-refractivity contribution in [2.24, 2.45) is 0 Å². The van der Waals surface area contributed by atoms with E-state index in [1.807, 2.05) is 25.1 Å². The Hall–Kier alpha value is -1.09. The van der Waals surface area contributed by atoms with Crippen LogP contribution in [-0.2, 0) is 6.54 Å². The number of halogens is 3. The number of hydrogen-bond donors (Lipinski definition) is 1. The van der Waals surface area contributed by atoms with Crippen LogP contribution < -0.4 is 10.1 Å². The second kappa shape index (κ2) is 6.57. The third-order valence-corrected chi connectivity index (χ3v) is 4.20. The fourth-order valence-corrected chi connectivity index (χ4v) is 2.59. The summed E-state index contributed by atoms with van der Waals surface area (Å²) in [4.78, 5) is 0. The van der Waals surface area contributed by atoms with E-state index in [0.29, 0.717) is 21.6 Å². The zero-order valence-electron chi connectivity index (χ0n) is 11.1. The molecule has 20 heavy (non-hydrogen) atoms. The van der Waals surface area contributed by atoms with Gasteiger partial charge in [-0.05, 0) is 42.8 Å². The molecule has 0 bridgehead atoms. The summed E-state index contributed by atoms with van der Waals surface area (Å²) in [5.41, 5.74) is 2.81. The Morgan fingerprint density at radius 2 is 1.75 bits per heavy atom. The van der Waals surface area contributed by atoms with Crippen molar-refractivity contribution < 1.29 is 4.74 Å². The van der Waals surface area contributed by atoms with Gasteiger partial charge in [-0.1, -0.05) is 34.8 Å². The van der Waals surface area contributed by atoms with Gasteiger partial charge < -0.3 is 10.1 Å². The fourth-order valence-electron chi connectivity index (χ4n) is 1.91. The molecule has 0 radical (unpaired) electrons. The Balaban J connectivity index is 2.17. The maximum absolute atomic E-state index is 6.17. The van der Waals surface area contributed by atoms with E-state index in [0.717, 1.165) is 22.6 Å². The second-order valence-corrected chi connectivity index (χ2v) is 5.55. The first-order valence-corrected chi connectivity index (χ1v) is 7.17. The van der Waals surface area contributed by atoms with Crippen LogP contribution in [0.2, 0.25) is 15.1 Å². The van der Waals surface area contributed by atoms with Crippen LogP contribution in [0, 0.1) is 6.92 Å². The van der Waals surface area contributed by atoms with Crippen LogP contribution in [0.1, 0.15) is 11.1 Å². The monoisotopic (exact) mass is 329 g/mol. The lowest BCUT2D eigenvalue weighted by atomic mass is 10.2. The highest BCUT2D eigenvalue weighted by Crippen LogP contribution is 2.32. The molecule has 0 unspecified atom stereocenters. The molecule has 0 aliphatic carbocycles. The first-order chi connectivity index (χ1) is 9.52. The number of nitrogens with one attached hydrogen (secondary N) is 1. The van der Waals surface area contributed by atoms with Gasteiger partial charge in [0.25, 0.3) is 0 Å². The molecule has 0 saturated carbocycles. The smallest absolute Gasteiger partial charge is 0.121 e. The van der Waals surface area contributed by atoms with Gasteiger partial charge in [-0.15, -0.1) is 0 Å². The fraction of sp³-hybridized carbons (Fsp3) is 0.200. The molecule has 1 N–H and O–H groups in total. The Labute approximate surface area is 133 Å². The van der Waals surface area contributed by atoms with Gasteiger partial charge in [0.15, 0.2) is 0 Å². The molecule has 2 aromatic rings. The van der Waals surface area contributed by atoms with Crippen LogP contribution in [0.25, 0.3) is 0 Å². The topological polar surface area (TPSA) is 21.3 Å². The molecule has 0 saturated heterocycles. The van der Waals surface area contributed by atoms with E-state index in [4.69, 9.17) is 39.5 Å². The Kier molecular flexibility index (Phi) is 5.03. The van der Waals surface area contributed by atoms with Crippen molar-refractivity contribution in [2.75, 3.05) is 12.4 Å². The van der Waals surface area contributed by atoms with Crippen molar-refractivity contribution in [1.82, 2.24) is 0 Å². The molecule has 0 aromatic heterocycles.